The summed E-state index contributed by atoms with van der Waals surface area (Å²) in [5.74, 6) is -1.49. The molecule has 224 valence electrons. The van der Waals surface area contributed by atoms with Gasteiger partial charge in [-0.3, -0.25) is 9.59 Å². The molecular weight excluding hydrogens is 598 g/mol. The van der Waals surface area contributed by atoms with E-state index in [0.29, 0.717) is 22.3 Å². The lowest BCUT2D eigenvalue weighted by molar-refractivity contribution is -0.110. The molecule has 44 heavy (non-hydrogen) atoms. The zero-order chi connectivity index (χ0) is 31.8. The fourth-order valence-corrected chi connectivity index (χ4v) is 5.71. The number of sulfonamides is 1. The Morgan fingerprint density at radius 1 is 0.932 bits per heavy atom. The van der Waals surface area contributed by atoms with E-state index in [1.54, 1.807) is 6.07 Å². The first-order valence-electron chi connectivity index (χ1n) is 13.5. The van der Waals surface area contributed by atoms with Crippen molar-refractivity contribution in [2.24, 2.45) is 17.2 Å². The van der Waals surface area contributed by atoms with Crippen molar-refractivity contribution >= 4 is 67.0 Å². The first-order chi connectivity index (χ1) is 20.9. The molecule has 1 amide bonds. The Bertz CT molecular complexity index is 2070. The number of carbonyl (C=O) groups excluding carboxylic acids is 2. The van der Waals surface area contributed by atoms with E-state index in [4.69, 9.17) is 16.7 Å². The molecular formula is C33H30ClN5O4S. The fraction of sp³-hybridized carbons (Fsp3) is 0.121. The molecule has 0 aliphatic heterocycles. The van der Waals surface area contributed by atoms with Crippen LogP contribution in [0.2, 0.25) is 5.02 Å². The summed E-state index contributed by atoms with van der Waals surface area (Å²) >= 11 is 6.33. The number of rotatable bonds is 8. The zero-order valence-corrected chi connectivity index (χ0v) is 26.1. The van der Waals surface area contributed by atoms with Crippen LogP contribution in [0.15, 0.2) is 101 Å². The molecule has 11 heteroatoms. The number of halogens is 1. The number of ketones is 1. The number of aromatic nitrogens is 1. The van der Waals surface area contributed by atoms with Gasteiger partial charge in [-0.05, 0) is 60.5 Å². The maximum atomic E-state index is 14.6. The Balaban J connectivity index is 1.72. The van der Waals surface area contributed by atoms with E-state index in [1.807, 2.05) is 104 Å². The Morgan fingerprint density at radius 3 is 2.27 bits per heavy atom. The number of hydrogen-bond donors (Lipinski definition) is 2. The molecule has 5 rings (SSSR count). The van der Waals surface area contributed by atoms with Crippen molar-refractivity contribution in [1.29, 1.82) is 0 Å². The molecule has 0 fully saturated rings. The number of carbonyl (C=O) groups is 2. The first-order valence-corrected chi connectivity index (χ1v) is 15.5. The number of benzene rings is 4. The van der Waals surface area contributed by atoms with Crippen LogP contribution in [0.5, 0.6) is 0 Å². The summed E-state index contributed by atoms with van der Waals surface area (Å²) in [5.41, 5.74) is 4.13. The van der Waals surface area contributed by atoms with Crippen LogP contribution in [0.4, 0.5) is 17.1 Å². The fourth-order valence-electron chi connectivity index (χ4n) is 5.00. The summed E-state index contributed by atoms with van der Waals surface area (Å²) in [7, 11) is 1.58. The van der Waals surface area contributed by atoms with Crippen molar-refractivity contribution in [2.45, 2.75) is 11.8 Å². The minimum Gasteiger partial charge on any atom is -0.378 e. The number of anilines is 2. The summed E-state index contributed by atoms with van der Waals surface area (Å²) in [6, 6.07) is 26.0. The van der Waals surface area contributed by atoms with Crippen LogP contribution in [0, 0.1) is 6.92 Å². The third-order valence-corrected chi connectivity index (χ3v) is 8.50. The largest absolute Gasteiger partial charge is 0.378 e. The van der Waals surface area contributed by atoms with E-state index in [0.717, 1.165) is 28.4 Å². The Kier molecular flexibility index (Phi) is 8.42. The lowest BCUT2D eigenvalue weighted by atomic mass is 9.98. The summed E-state index contributed by atoms with van der Waals surface area (Å²) in [4.78, 5) is 34.9. The van der Waals surface area contributed by atoms with Crippen molar-refractivity contribution < 1.29 is 18.0 Å². The molecule has 0 spiro atoms. The maximum Gasteiger partial charge on any atom is 0.278 e. The molecule has 9 nitrogen and oxygen atoms in total. The van der Waals surface area contributed by atoms with Gasteiger partial charge >= 0.3 is 0 Å². The van der Waals surface area contributed by atoms with Crippen molar-refractivity contribution in [2.75, 3.05) is 24.3 Å². The second-order valence-corrected chi connectivity index (χ2v) is 12.4. The number of amides is 1. The summed E-state index contributed by atoms with van der Waals surface area (Å²) < 4.78 is 25.9. The maximum absolute atomic E-state index is 14.6. The molecule has 0 radical (unpaired) electrons. The minimum atomic E-state index is -4.09. The van der Waals surface area contributed by atoms with Gasteiger partial charge in [-0.1, -0.05) is 60.1 Å². The second kappa shape index (κ2) is 12.1. The SMILES string of the molecule is Cc1cc(N(C)C)ccc1N=C(C(=O)Nc1cc(S(N)(=O)=O)ccc1Cl)C(=O)c1c(-c2ccccc2)n(C)c2ccccc12. The number of aryl methyl sites for hydroxylation is 2. The van der Waals surface area contributed by atoms with Gasteiger partial charge in [0.15, 0.2) is 5.71 Å². The van der Waals surface area contributed by atoms with Gasteiger partial charge in [-0.15, -0.1) is 0 Å². The van der Waals surface area contributed by atoms with Gasteiger partial charge in [0, 0.05) is 37.7 Å². The molecule has 0 saturated heterocycles. The summed E-state index contributed by atoms with van der Waals surface area (Å²) in [6.07, 6.45) is 0. The monoisotopic (exact) mass is 627 g/mol. The van der Waals surface area contributed by atoms with Gasteiger partial charge in [0.25, 0.3) is 5.91 Å². The van der Waals surface area contributed by atoms with Crippen LogP contribution in [-0.2, 0) is 21.9 Å². The lowest BCUT2D eigenvalue weighted by Crippen LogP contribution is -2.31. The zero-order valence-electron chi connectivity index (χ0n) is 24.5. The van der Waals surface area contributed by atoms with Gasteiger partial charge in [0.2, 0.25) is 15.8 Å². The number of nitrogens with one attached hydrogen (secondary N) is 1. The molecule has 1 aromatic heterocycles. The quantitative estimate of drug-likeness (QED) is 0.122. The van der Waals surface area contributed by atoms with Gasteiger partial charge in [0.05, 0.1) is 32.6 Å². The summed E-state index contributed by atoms with van der Waals surface area (Å²) in [6.45, 7) is 1.84. The number of para-hydroxylation sites is 1. The van der Waals surface area contributed by atoms with E-state index in [9.17, 15) is 18.0 Å². The van der Waals surface area contributed by atoms with Crippen LogP contribution in [0.3, 0.4) is 0 Å². The van der Waals surface area contributed by atoms with Crippen LogP contribution < -0.4 is 15.4 Å². The van der Waals surface area contributed by atoms with Crippen LogP contribution in [0.25, 0.3) is 22.2 Å². The topological polar surface area (TPSA) is 127 Å². The average Bonchev–Trinajstić information content (AvgIpc) is 3.29. The number of Topliss-reactive ketones (excluding diaryl/α,β-unsaturated/α-hetero) is 1. The molecule has 0 aliphatic rings. The molecule has 4 aromatic carbocycles. The number of hydrogen-bond acceptors (Lipinski definition) is 6. The first kappa shape index (κ1) is 30.7. The standard InChI is InChI=1S/C33H30ClN5O4S/c1-20-18-22(38(2)3)14-17-26(20)36-30(33(41)37-27-19-23(44(35,42)43)15-16-25(27)34)32(40)29-24-12-8-9-13-28(24)39(4)31(29)21-10-6-5-7-11-21/h5-19H,1-4H3,(H,37,41)(H2,35,42,43). The van der Waals surface area contributed by atoms with Gasteiger partial charge in [-0.25, -0.2) is 18.5 Å². The van der Waals surface area contributed by atoms with E-state index in [-0.39, 0.29) is 15.6 Å². The van der Waals surface area contributed by atoms with Crippen molar-refractivity contribution in [1.82, 2.24) is 4.57 Å². The van der Waals surface area contributed by atoms with E-state index < -0.39 is 27.4 Å². The Labute approximate surface area is 260 Å². The molecule has 0 bridgehead atoms. The summed E-state index contributed by atoms with van der Waals surface area (Å²) in [5, 5.41) is 8.60. The molecule has 5 aromatic rings. The highest BCUT2D eigenvalue weighted by atomic mass is 35.5. The highest BCUT2D eigenvalue weighted by molar-refractivity contribution is 7.89. The van der Waals surface area contributed by atoms with E-state index >= 15 is 0 Å². The van der Waals surface area contributed by atoms with Crippen molar-refractivity contribution in [3.05, 3.63) is 107 Å². The molecule has 3 N–H and O–H groups in total. The molecule has 0 atom stereocenters. The molecule has 0 unspecified atom stereocenters. The van der Waals surface area contributed by atoms with Gasteiger partial charge in [0.1, 0.15) is 0 Å². The van der Waals surface area contributed by atoms with Crippen molar-refractivity contribution in [3.8, 4) is 11.3 Å². The van der Waals surface area contributed by atoms with Crippen molar-refractivity contribution in [3.63, 3.8) is 0 Å². The molecule has 1 heterocycles. The second-order valence-electron chi connectivity index (χ2n) is 10.5. The predicted octanol–water partition coefficient (Wildman–Crippen LogP) is 6.11. The van der Waals surface area contributed by atoms with Crippen LogP contribution in [-0.4, -0.2) is 44.5 Å². The number of primary sulfonamides is 1. The van der Waals surface area contributed by atoms with Gasteiger partial charge < -0.3 is 14.8 Å². The third-order valence-electron chi connectivity index (χ3n) is 7.25. The van der Waals surface area contributed by atoms with Crippen LogP contribution in [0.1, 0.15) is 15.9 Å². The third kappa shape index (κ3) is 6.00. The average molecular weight is 628 g/mol. The van der Waals surface area contributed by atoms with Gasteiger partial charge in [-0.2, -0.15) is 0 Å². The number of nitrogens with two attached hydrogens (primary N) is 1. The number of aliphatic imine (C=N–C) groups is 1. The minimum absolute atomic E-state index is 0.0374. The van der Waals surface area contributed by atoms with E-state index in [1.165, 1.54) is 12.1 Å². The Morgan fingerprint density at radius 2 is 1.61 bits per heavy atom. The number of nitrogens with zero attached hydrogens (tertiary/aromatic N) is 3. The Hall–Kier alpha value is -4.77. The lowest BCUT2D eigenvalue weighted by Gasteiger charge is -2.15. The highest BCUT2D eigenvalue weighted by Gasteiger charge is 2.30. The smallest absolute Gasteiger partial charge is 0.278 e. The normalized spacial score (nSPS) is 11.9. The molecule has 0 aliphatic carbocycles. The highest BCUT2D eigenvalue weighted by Crippen LogP contribution is 2.35. The number of fused-ring (bicyclic) bond motifs is 1. The predicted molar refractivity (Wildman–Crippen MR) is 177 cm³/mol. The van der Waals surface area contributed by atoms with E-state index in [2.05, 4.69) is 10.3 Å². The van der Waals surface area contributed by atoms with Crippen LogP contribution >= 0.6 is 11.6 Å². The molecule has 0 saturated carbocycles.